The van der Waals surface area contributed by atoms with E-state index in [-0.39, 0.29) is 18.4 Å². The molecule has 0 saturated carbocycles. The maximum Gasteiger partial charge on any atom is 0.262 e. The quantitative estimate of drug-likeness (QED) is 0.644. The Labute approximate surface area is 188 Å². The number of aryl methyl sites for hydroxylation is 1. The maximum atomic E-state index is 12.8. The highest BCUT2D eigenvalue weighted by Gasteiger charge is 2.23. The number of carbonyl (C=O) groups excluding carboxylic acids is 2. The van der Waals surface area contributed by atoms with Crippen LogP contribution in [0.2, 0.25) is 0 Å². The van der Waals surface area contributed by atoms with Crippen LogP contribution in [0.25, 0.3) is 0 Å². The monoisotopic (exact) mass is 429 g/mol. The third kappa shape index (κ3) is 5.27. The van der Waals surface area contributed by atoms with Gasteiger partial charge in [-0.15, -0.1) is 0 Å². The van der Waals surface area contributed by atoms with Gasteiger partial charge in [-0.1, -0.05) is 36.4 Å². The number of nitrogens with one attached hydrogen (secondary N) is 1. The molecule has 1 fully saturated rings. The van der Waals surface area contributed by atoms with E-state index in [1.807, 2.05) is 90.7 Å². The van der Waals surface area contributed by atoms with Crippen molar-refractivity contribution < 1.29 is 14.3 Å². The molecule has 0 aliphatic carbocycles. The van der Waals surface area contributed by atoms with Crippen molar-refractivity contribution in [1.82, 2.24) is 4.90 Å². The number of para-hydroxylation sites is 1. The van der Waals surface area contributed by atoms with Gasteiger partial charge in [-0.05, 0) is 55.0 Å². The zero-order valence-electron chi connectivity index (χ0n) is 18.2. The number of hydrogen-bond donors (Lipinski definition) is 1. The van der Waals surface area contributed by atoms with Crippen LogP contribution in [0.5, 0.6) is 5.75 Å². The molecule has 6 heteroatoms. The Morgan fingerprint density at radius 3 is 2.19 bits per heavy atom. The summed E-state index contributed by atoms with van der Waals surface area (Å²) in [6, 6.07) is 24.7. The van der Waals surface area contributed by atoms with Crippen molar-refractivity contribution in [3.63, 3.8) is 0 Å². The molecule has 1 saturated heterocycles. The maximum absolute atomic E-state index is 12.8. The minimum absolute atomic E-state index is 0.0390. The summed E-state index contributed by atoms with van der Waals surface area (Å²) >= 11 is 0. The lowest BCUT2D eigenvalue weighted by Gasteiger charge is -2.36. The molecule has 0 bridgehead atoms. The lowest BCUT2D eigenvalue weighted by atomic mass is 10.1. The lowest BCUT2D eigenvalue weighted by Crippen LogP contribution is -2.48. The van der Waals surface area contributed by atoms with Gasteiger partial charge in [-0.2, -0.15) is 0 Å². The van der Waals surface area contributed by atoms with Gasteiger partial charge in [-0.3, -0.25) is 9.59 Å². The molecule has 1 N–H and O–H groups in total. The van der Waals surface area contributed by atoms with Gasteiger partial charge in [0.2, 0.25) is 0 Å². The van der Waals surface area contributed by atoms with Crippen molar-refractivity contribution in [2.75, 3.05) is 43.0 Å². The number of benzene rings is 3. The van der Waals surface area contributed by atoms with Crippen molar-refractivity contribution in [3.8, 4) is 5.75 Å². The first-order chi connectivity index (χ1) is 15.6. The fourth-order valence-corrected chi connectivity index (χ4v) is 3.77. The number of rotatable bonds is 6. The normalized spacial score (nSPS) is 13.5. The Kier molecular flexibility index (Phi) is 6.70. The first-order valence-electron chi connectivity index (χ1n) is 10.8. The van der Waals surface area contributed by atoms with E-state index in [2.05, 4.69) is 10.2 Å². The molecule has 2 amide bonds. The second-order valence-electron chi connectivity index (χ2n) is 7.79. The molecule has 164 valence electrons. The van der Waals surface area contributed by atoms with Crippen LogP contribution in [0.15, 0.2) is 78.9 Å². The number of nitrogens with zero attached hydrogens (tertiary/aromatic N) is 2. The fraction of sp³-hybridized carbons (Fsp3) is 0.231. The zero-order chi connectivity index (χ0) is 22.3. The molecule has 0 atom stereocenters. The SMILES string of the molecule is Cc1ccccc1C(=O)N1CCN(c2ccc(NC(=O)COc3ccccc3)cc2)CC1. The molecule has 0 radical (unpaired) electrons. The van der Waals surface area contributed by atoms with E-state index in [1.165, 1.54) is 0 Å². The number of piperazine rings is 1. The van der Waals surface area contributed by atoms with Gasteiger partial charge < -0.3 is 19.9 Å². The molecule has 0 aromatic heterocycles. The molecule has 4 rings (SSSR count). The van der Waals surface area contributed by atoms with Crippen molar-refractivity contribution in [2.45, 2.75) is 6.92 Å². The molecule has 0 spiro atoms. The van der Waals surface area contributed by atoms with Crippen molar-refractivity contribution in [1.29, 1.82) is 0 Å². The smallest absolute Gasteiger partial charge is 0.262 e. The van der Waals surface area contributed by atoms with E-state index in [1.54, 1.807) is 0 Å². The Balaban J connectivity index is 1.27. The van der Waals surface area contributed by atoms with Crippen molar-refractivity contribution >= 4 is 23.2 Å². The van der Waals surface area contributed by atoms with Gasteiger partial charge in [0.25, 0.3) is 11.8 Å². The number of amides is 2. The summed E-state index contributed by atoms with van der Waals surface area (Å²) in [5.74, 6) is 0.557. The number of anilines is 2. The molecule has 32 heavy (non-hydrogen) atoms. The van der Waals surface area contributed by atoms with Crippen LogP contribution in [0.3, 0.4) is 0 Å². The van der Waals surface area contributed by atoms with Crippen LogP contribution in [0, 0.1) is 6.92 Å². The summed E-state index contributed by atoms with van der Waals surface area (Å²) in [7, 11) is 0. The summed E-state index contributed by atoms with van der Waals surface area (Å²) in [5.41, 5.74) is 3.58. The third-order valence-corrected chi connectivity index (χ3v) is 5.57. The van der Waals surface area contributed by atoms with Gasteiger partial charge >= 0.3 is 0 Å². The molecule has 0 unspecified atom stereocenters. The highest BCUT2D eigenvalue weighted by molar-refractivity contribution is 5.95. The number of carbonyl (C=O) groups is 2. The number of ether oxygens (including phenoxy) is 1. The fourth-order valence-electron chi connectivity index (χ4n) is 3.77. The van der Waals surface area contributed by atoms with Gasteiger partial charge in [0, 0.05) is 43.1 Å². The summed E-state index contributed by atoms with van der Waals surface area (Å²) in [6.07, 6.45) is 0. The predicted octanol–water partition coefficient (Wildman–Crippen LogP) is 3.97. The Hall–Kier alpha value is -3.80. The molecule has 1 aliphatic heterocycles. The van der Waals surface area contributed by atoms with Crippen LogP contribution in [0.1, 0.15) is 15.9 Å². The van der Waals surface area contributed by atoms with Crippen LogP contribution >= 0.6 is 0 Å². The predicted molar refractivity (Wildman–Crippen MR) is 126 cm³/mol. The van der Waals surface area contributed by atoms with Gasteiger partial charge in [0.15, 0.2) is 6.61 Å². The molecule has 3 aromatic carbocycles. The zero-order valence-corrected chi connectivity index (χ0v) is 18.2. The summed E-state index contributed by atoms with van der Waals surface area (Å²) in [5, 5.41) is 2.85. The van der Waals surface area contributed by atoms with Gasteiger partial charge in [-0.25, -0.2) is 0 Å². The molecule has 1 heterocycles. The highest BCUT2D eigenvalue weighted by atomic mass is 16.5. The highest BCUT2D eigenvalue weighted by Crippen LogP contribution is 2.21. The summed E-state index contributed by atoms with van der Waals surface area (Å²) in [6.45, 7) is 4.84. The van der Waals surface area contributed by atoms with Crippen LogP contribution < -0.4 is 15.0 Å². The Bertz CT molecular complexity index is 1060. The molecule has 1 aliphatic rings. The van der Waals surface area contributed by atoms with E-state index in [4.69, 9.17) is 4.74 Å². The topological polar surface area (TPSA) is 61.9 Å². The standard InChI is InChI=1S/C26H27N3O3/c1-20-7-5-6-10-24(20)26(31)29-17-15-28(16-18-29)22-13-11-21(12-14-22)27-25(30)19-32-23-8-3-2-4-9-23/h2-14H,15-19H2,1H3,(H,27,30). The van der Waals surface area contributed by atoms with Gasteiger partial charge in [0.05, 0.1) is 0 Å². The minimum Gasteiger partial charge on any atom is -0.484 e. The average molecular weight is 430 g/mol. The van der Waals surface area contributed by atoms with Crippen LogP contribution in [0.4, 0.5) is 11.4 Å². The third-order valence-electron chi connectivity index (χ3n) is 5.57. The average Bonchev–Trinajstić information content (AvgIpc) is 2.84. The Morgan fingerprint density at radius 1 is 0.844 bits per heavy atom. The minimum atomic E-state index is -0.204. The second kappa shape index (κ2) is 10.0. The second-order valence-corrected chi connectivity index (χ2v) is 7.79. The largest absolute Gasteiger partial charge is 0.484 e. The summed E-state index contributed by atoms with van der Waals surface area (Å²) < 4.78 is 5.48. The first kappa shape index (κ1) is 21.4. The van der Waals surface area contributed by atoms with E-state index >= 15 is 0 Å². The van der Waals surface area contributed by atoms with E-state index in [0.717, 1.165) is 35.6 Å². The number of hydrogen-bond acceptors (Lipinski definition) is 4. The molecule has 3 aromatic rings. The van der Waals surface area contributed by atoms with E-state index in [9.17, 15) is 9.59 Å². The molecular weight excluding hydrogens is 402 g/mol. The molecule has 6 nitrogen and oxygen atoms in total. The van der Waals surface area contributed by atoms with Crippen molar-refractivity contribution in [2.24, 2.45) is 0 Å². The van der Waals surface area contributed by atoms with Gasteiger partial charge in [0.1, 0.15) is 5.75 Å². The first-order valence-corrected chi connectivity index (χ1v) is 10.8. The summed E-state index contributed by atoms with van der Waals surface area (Å²) in [4.78, 5) is 29.1. The van der Waals surface area contributed by atoms with Crippen LogP contribution in [-0.4, -0.2) is 49.5 Å². The van der Waals surface area contributed by atoms with E-state index < -0.39 is 0 Å². The van der Waals surface area contributed by atoms with E-state index in [0.29, 0.717) is 18.8 Å². The lowest BCUT2D eigenvalue weighted by molar-refractivity contribution is -0.118. The Morgan fingerprint density at radius 2 is 1.50 bits per heavy atom. The van der Waals surface area contributed by atoms with Crippen molar-refractivity contribution in [3.05, 3.63) is 90.0 Å². The molecular formula is C26H27N3O3. The van der Waals surface area contributed by atoms with Crippen LogP contribution in [-0.2, 0) is 4.79 Å².